The molecule has 0 radical (unpaired) electrons. The standard InChI is InChI=1S/C10H14N4O2S/c1-3-11-10-13-12-7(17-10)5-14-8(15)4-6(2)9(14)16/h6H,3-5H2,1-2H3,(H,11,13). The number of anilines is 1. The Hall–Kier alpha value is -1.50. The minimum Gasteiger partial charge on any atom is -0.360 e. The van der Waals surface area contributed by atoms with Gasteiger partial charge in [0.05, 0.1) is 6.54 Å². The molecule has 1 aromatic heterocycles. The number of nitrogens with one attached hydrogen (secondary N) is 1. The van der Waals surface area contributed by atoms with E-state index in [9.17, 15) is 9.59 Å². The minimum absolute atomic E-state index is 0.116. The van der Waals surface area contributed by atoms with Crippen molar-refractivity contribution in [2.75, 3.05) is 11.9 Å². The van der Waals surface area contributed by atoms with Crippen LogP contribution in [0.1, 0.15) is 25.3 Å². The number of imide groups is 1. The van der Waals surface area contributed by atoms with Gasteiger partial charge in [-0.3, -0.25) is 14.5 Å². The Bertz CT molecular complexity index is 445. The molecule has 2 rings (SSSR count). The fourth-order valence-corrected chi connectivity index (χ4v) is 2.49. The molecular formula is C10H14N4O2S. The summed E-state index contributed by atoms with van der Waals surface area (Å²) < 4.78 is 0. The first-order chi connectivity index (χ1) is 8.11. The molecule has 0 aromatic carbocycles. The zero-order chi connectivity index (χ0) is 12.4. The van der Waals surface area contributed by atoms with Gasteiger partial charge in [0.1, 0.15) is 5.01 Å². The summed E-state index contributed by atoms with van der Waals surface area (Å²) in [7, 11) is 0. The molecule has 17 heavy (non-hydrogen) atoms. The van der Waals surface area contributed by atoms with E-state index >= 15 is 0 Å². The van der Waals surface area contributed by atoms with E-state index in [1.807, 2.05) is 6.92 Å². The quantitative estimate of drug-likeness (QED) is 0.807. The van der Waals surface area contributed by atoms with E-state index in [0.29, 0.717) is 11.4 Å². The average Bonchev–Trinajstić information content (AvgIpc) is 2.81. The number of aromatic nitrogens is 2. The lowest BCUT2D eigenvalue weighted by atomic mass is 10.1. The second kappa shape index (κ2) is 4.79. The zero-order valence-electron chi connectivity index (χ0n) is 9.77. The Labute approximate surface area is 103 Å². The van der Waals surface area contributed by atoms with Gasteiger partial charge in [0.2, 0.25) is 16.9 Å². The topological polar surface area (TPSA) is 75.2 Å². The van der Waals surface area contributed by atoms with Gasteiger partial charge in [0.15, 0.2) is 0 Å². The number of hydrogen-bond donors (Lipinski definition) is 1. The molecule has 7 heteroatoms. The molecule has 2 amide bonds. The van der Waals surface area contributed by atoms with Crippen LogP contribution < -0.4 is 5.32 Å². The summed E-state index contributed by atoms with van der Waals surface area (Å²) in [5.41, 5.74) is 0. The molecule has 92 valence electrons. The monoisotopic (exact) mass is 254 g/mol. The molecule has 0 saturated carbocycles. The van der Waals surface area contributed by atoms with Crippen molar-refractivity contribution in [3.05, 3.63) is 5.01 Å². The van der Waals surface area contributed by atoms with Gasteiger partial charge in [0.25, 0.3) is 0 Å². The third-order valence-electron chi connectivity index (χ3n) is 2.56. The van der Waals surface area contributed by atoms with Crippen LogP contribution in [0.25, 0.3) is 0 Å². The molecule has 1 aliphatic rings. The lowest BCUT2D eigenvalue weighted by Gasteiger charge is -2.11. The van der Waals surface area contributed by atoms with E-state index < -0.39 is 0 Å². The summed E-state index contributed by atoms with van der Waals surface area (Å²) in [5.74, 6) is -0.443. The number of amides is 2. The molecule has 1 fully saturated rings. The van der Waals surface area contributed by atoms with Gasteiger partial charge in [-0.15, -0.1) is 10.2 Å². The highest BCUT2D eigenvalue weighted by Gasteiger charge is 2.35. The first-order valence-electron chi connectivity index (χ1n) is 5.52. The van der Waals surface area contributed by atoms with Crippen LogP contribution in [-0.2, 0) is 16.1 Å². The Balaban J connectivity index is 2.05. The Morgan fingerprint density at radius 2 is 2.24 bits per heavy atom. The van der Waals surface area contributed by atoms with Crippen molar-refractivity contribution >= 4 is 28.3 Å². The zero-order valence-corrected chi connectivity index (χ0v) is 10.6. The first kappa shape index (κ1) is 12.0. The summed E-state index contributed by atoms with van der Waals surface area (Å²) in [6.45, 7) is 4.75. The highest BCUT2D eigenvalue weighted by Crippen LogP contribution is 2.23. The highest BCUT2D eigenvalue weighted by atomic mass is 32.1. The van der Waals surface area contributed by atoms with Crippen molar-refractivity contribution in [2.24, 2.45) is 5.92 Å². The summed E-state index contributed by atoms with van der Waals surface area (Å²) in [6.07, 6.45) is 0.303. The van der Waals surface area contributed by atoms with E-state index in [4.69, 9.17) is 0 Å². The van der Waals surface area contributed by atoms with Gasteiger partial charge in [-0.1, -0.05) is 18.3 Å². The molecular weight excluding hydrogens is 240 g/mol. The lowest BCUT2D eigenvalue weighted by molar-refractivity contribution is -0.139. The van der Waals surface area contributed by atoms with Crippen LogP contribution >= 0.6 is 11.3 Å². The van der Waals surface area contributed by atoms with Crippen molar-refractivity contribution in [1.82, 2.24) is 15.1 Å². The first-order valence-corrected chi connectivity index (χ1v) is 6.34. The predicted molar refractivity (Wildman–Crippen MR) is 63.4 cm³/mol. The van der Waals surface area contributed by atoms with Crippen LogP contribution in [0.5, 0.6) is 0 Å². The fraction of sp³-hybridized carbons (Fsp3) is 0.600. The molecule has 2 heterocycles. The Kier molecular flexibility index (Phi) is 3.37. The molecule has 0 aliphatic carbocycles. The van der Waals surface area contributed by atoms with Gasteiger partial charge < -0.3 is 5.32 Å². The SMILES string of the molecule is CCNc1nnc(CN2C(=O)CC(C)C2=O)s1. The van der Waals surface area contributed by atoms with E-state index in [0.717, 1.165) is 11.7 Å². The van der Waals surface area contributed by atoms with Crippen LogP contribution in [0, 0.1) is 5.92 Å². The molecule has 1 aliphatic heterocycles. The second-order valence-electron chi connectivity index (χ2n) is 3.95. The normalized spacial score (nSPS) is 20.1. The number of hydrogen-bond acceptors (Lipinski definition) is 6. The molecule has 1 saturated heterocycles. The van der Waals surface area contributed by atoms with E-state index in [-0.39, 0.29) is 24.3 Å². The molecule has 6 nitrogen and oxygen atoms in total. The van der Waals surface area contributed by atoms with Crippen LogP contribution in [0.15, 0.2) is 0 Å². The van der Waals surface area contributed by atoms with E-state index in [2.05, 4.69) is 15.5 Å². The fourth-order valence-electron chi connectivity index (χ4n) is 1.69. The Morgan fingerprint density at radius 1 is 1.47 bits per heavy atom. The summed E-state index contributed by atoms with van der Waals surface area (Å²) >= 11 is 1.37. The molecule has 1 N–H and O–H groups in total. The van der Waals surface area contributed by atoms with Gasteiger partial charge in [-0.2, -0.15) is 0 Å². The number of likely N-dealkylation sites (tertiary alicyclic amines) is 1. The number of carbonyl (C=O) groups is 2. The van der Waals surface area contributed by atoms with Crippen molar-refractivity contribution in [1.29, 1.82) is 0 Å². The van der Waals surface area contributed by atoms with Crippen LogP contribution in [0.3, 0.4) is 0 Å². The summed E-state index contributed by atoms with van der Waals surface area (Å²) in [5, 5.41) is 12.3. The maximum atomic E-state index is 11.7. The molecule has 1 atom stereocenters. The molecule has 1 unspecified atom stereocenters. The van der Waals surface area contributed by atoms with Crippen LogP contribution in [0.2, 0.25) is 0 Å². The smallest absolute Gasteiger partial charge is 0.232 e. The Morgan fingerprint density at radius 3 is 2.82 bits per heavy atom. The lowest BCUT2D eigenvalue weighted by Crippen LogP contribution is -2.29. The minimum atomic E-state index is -0.205. The van der Waals surface area contributed by atoms with Gasteiger partial charge in [-0.05, 0) is 6.92 Å². The number of rotatable bonds is 4. The summed E-state index contributed by atoms with van der Waals surface area (Å²) in [4.78, 5) is 24.5. The number of nitrogens with zero attached hydrogens (tertiary/aromatic N) is 3. The van der Waals surface area contributed by atoms with E-state index in [1.165, 1.54) is 16.2 Å². The van der Waals surface area contributed by atoms with Gasteiger partial charge >= 0.3 is 0 Å². The van der Waals surface area contributed by atoms with Crippen molar-refractivity contribution in [3.63, 3.8) is 0 Å². The highest BCUT2D eigenvalue weighted by molar-refractivity contribution is 7.15. The van der Waals surface area contributed by atoms with Crippen LogP contribution in [-0.4, -0.2) is 33.5 Å². The van der Waals surface area contributed by atoms with Crippen molar-refractivity contribution in [3.8, 4) is 0 Å². The maximum absolute atomic E-state index is 11.7. The van der Waals surface area contributed by atoms with Gasteiger partial charge in [0, 0.05) is 18.9 Å². The van der Waals surface area contributed by atoms with Gasteiger partial charge in [-0.25, -0.2) is 0 Å². The molecule has 0 spiro atoms. The molecule has 1 aromatic rings. The maximum Gasteiger partial charge on any atom is 0.232 e. The average molecular weight is 254 g/mol. The predicted octanol–water partition coefficient (Wildman–Crippen LogP) is 0.865. The largest absolute Gasteiger partial charge is 0.360 e. The third kappa shape index (κ3) is 2.44. The molecule has 0 bridgehead atoms. The van der Waals surface area contributed by atoms with Crippen LogP contribution in [0.4, 0.5) is 5.13 Å². The second-order valence-corrected chi connectivity index (χ2v) is 5.02. The third-order valence-corrected chi connectivity index (χ3v) is 3.42. The van der Waals surface area contributed by atoms with Crippen molar-refractivity contribution in [2.45, 2.75) is 26.8 Å². The summed E-state index contributed by atoms with van der Waals surface area (Å²) in [6, 6.07) is 0. The number of carbonyl (C=O) groups excluding carboxylic acids is 2. The van der Waals surface area contributed by atoms with Crippen molar-refractivity contribution < 1.29 is 9.59 Å². The van der Waals surface area contributed by atoms with E-state index in [1.54, 1.807) is 6.92 Å².